The first-order valence-corrected chi connectivity index (χ1v) is 3.96. The van der Waals surface area contributed by atoms with E-state index < -0.39 is 0 Å². The van der Waals surface area contributed by atoms with Crippen LogP contribution in [-0.2, 0) is 15.9 Å². The van der Waals surface area contributed by atoms with Crippen LogP contribution < -0.4 is 12.4 Å². The van der Waals surface area contributed by atoms with Gasteiger partial charge < -0.3 is 26.3 Å². The number of ether oxygens (including phenoxy) is 2. The third-order valence-electron chi connectivity index (χ3n) is 1.69. The van der Waals surface area contributed by atoms with Crippen LogP contribution in [0.2, 0.25) is 0 Å². The van der Waals surface area contributed by atoms with Crippen LogP contribution in [0, 0.1) is 0 Å². The van der Waals surface area contributed by atoms with E-state index in [0.29, 0.717) is 0 Å². The van der Waals surface area contributed by atoms with Gasteiger partial charge in [0.25, 0.3) is 0 Å². The van der Waals surface area contributed by atoms with Gasteiger partial charge in [-0.05, 0) is 12.1 Å². The first kappa shape index (κ1) is 12.5. The Morgan fingerprint density at radius 2 is 1.92 bits per heavy atom. The molecule has 0 amide bonds. The molecule has 0 saturated carbocycles. The first-order chi connectivity index (χ1) is 5.81. The van der Waals surface area contributed by atoms with Crippen molar-refractivity contribution >= 4 is 0 Å². The maximum absolute atomic E-state index is 5.43. The lowest BCUT2D eigenvalue weighted by Crippen LogP contribution is -3.00. The Hall–Kier alpha value is -0.510. The Kier molecular flexibility index (Phi) is 5.79. The molecule has 0 aliphatic rings. The number of hydrogen-bond acceptors (Lipinski definition) is 3. The highest BCUT2D eigenvalue weighted by Crippen LogP contribution is 2.19. The van der Waals surface area contributed by atoms with E-state index in [1.165, 1.54) is 0 Å². The zero-order valence-electron chi connectivity index (χ0n) is 8.04. The summed E-state index contributed by atoms with van der Waals surface area (Å²) in [5.74, 6) is 1.67. The predicted octanol–water partition coefficient (Wildman–Crippen LogP) is -0.863. The van der Waals surface area contributed by atoms with Crippen molar-refractivity contribution < 1.29 is 26.3 Å². The maximum atomic E-state index is 5.43. The summed E-state index contributed by atoms with van der Waals surface area (Å²) >= 11 is 0. The molecule has 1 heterocycles. The SMILES string of the molecule is CCc1ccc(C(OC)OC)o1.[Cl-]. The van der Waals surface area contributed by atoms with E-state index in [1.54, 1.807) is 14.2 Å². The topological polar surface area (TPSA) is 31.6 Å². The summed E-state index contributed by atoms with van der Waals surface area (Å²) in [6.07, 6.45) is 0.505. The summed E-state index contributed by atoms with van der Waals surface area (Å²) in [7, 11) is 3.17. The number of rotatable bonds is 4. The molecular formula is C9H14ClO3-. The quantitative estimate of drug-likeness (QED) is 0.600. The van der Waals surface area contributed by atoms with Gasteiger partial charge in [0.2, 0.25) is 6.29 Å². The lowest BCUT2D eigenvalue weighted by Gasteiger charge is -2.09. The van der Waals surface area contributed by atoms with E-state index in [2.05, 4.69) is 0 Å². The molecule has 0 unspecified atom stereocenters. The molecule has 4 heteroatoms. The molecule has 0 aliphatic carbocycles. The molecule has 0 aliphatic heterocycles. The number of halogens is 1. The van der Waals surface area contributed by atoms with Crippen LogP contribution in [0.5, 0.6) is 0 Å². The second-order valence-corrected chi connectivity index (χ2v) is 2.46. The van der Waals surface area contributed by atoms with Gasteiger partial charge in [0.15, 0.2) is 5.76 Å². The van der Waals surface area contributed by atoms with Gasteiger partial charge >= 0.3 is 0 Å². The van der Waals surface area contributed by atoms with Gasteiger partial charge in [-0.25, -0.2) is 0 Å². The monoisotopic (exact) mass is 205 g/mol. The van der Waals surface area contributed by atoms with Crippen molar-refractivity contribution in [3.05, 3.63) is 23.7 Å². The lowest BCUT2D eigenvalue weighted by atomic mass is 10.3. The summed E-state index contributed by atoms with van der Waals surface area (Å²) in [6, 6.07) is 3.80. The number of aryl methyl sites for hydroxylation is 1. The molecule has 13 heavy (non-hydrogen) atoms. The lowest BCUT2D eigenvalue weighted by molar-refractivity contribution is -0.118. The zero-order valence-corrected chi connectivity index (χ0v) is 8.80. The third-order valence-corrected chi connectivity index (χ3v) is 1.69. The molecule has 0 radical (unpaired) electrons. The van der Waals surface area contributed by atoms with Crippen LogP contribution in [0.15, 0.2) is 16.5 Å². The van der Waals surface area contributed by atoms with Gasteiger partial charge in [0, 0.05) is 20.6 Å². The van der Waals surface area contributed by atoms with E-state index in [1.807, 2.05) is 19.1 Å². The third kappa shape index (κ3) is 3.03. The summed E-state index contributed by atoms with van der Waals surface area (Å²) < 4.78 is 15.5. The number of furan rings is 1. The second kappa shape index (κ2) is 6.02. The number of hydrogen-bond donors (Lipinski definition) is 0. The second-order valence-electron chi connectivity index (χ2n) is 2.46. The molecule has 1 aromatic rings. The Morgan fingerprint density at radius 1 is 1.31 bits per heavy atom. The molecule has 0 N–H and O–H groups in total. The van der Waals surface area contributed by atoms with Crippen molar-refractivity contribution in [3.63, 3.8) is 0 Å². The predicted molar refractivity (Wildman–Crippen MR) is 44.8 cm³/mol. The van der Waals surface area contributed by atoms with Crippen molar-refractivity contribution in [1.29, 1.82) is 0 Å². The molecule has 0 aromatic carbocycles. The van der Waals surface area contributed by atoms with Gasteiger partial charge in [-0.1, -0.05) is 6.92 Å². The van der Waals surface area contributed by atoms with Crippen LogP contribution >= 0.6 is 0 Å². The van der Waals surface area contributed by atoms with Crippen molar-refractivity contribution in [2.24, 2.45) is 0 Å². The highest BCUT2D eigenvalue weighted by Gasteiger charge is 2.12. The van der Waals surface area contributed by atoms with Crippen molar-refractivity contribution in [1.82, 2.24) is 0 Å². The minimum Gasteiger partial charge on any atom is -1.00 e. The van der Waals surface area contributed by atoms with Crippen LogP contribution in [0.3, 0.4) is 0 Å². The smallest absolute Gasteiger partial charge is 0.216 e. The van der Waals surface area contributed by atoms with Gasteiger partial charge in [0.05, 0.1) is 0 Å². The molecule has 1 rings (SSSR count). The van der Waals surface area contributed by atoms with E-state index in [-0.39, 0.29) is 18.7 Å². The molecule has 0 saturated heterocycles. The Morgan fingerprint density at radius 3 is 2.31 bits per heavy atom. The van der Waals surface area contributed by atoms with Crippen molar-refractivity contribution in [2.75, 3.05) is 14.2 Å². The molecule has 1 aromatic heterocycles. The first-order valence-electron chi connectivity index (χ1n) is 3.96. The Labute approximate surface area is 84.4 Å². The summed E-state index contributed by atoms with van der Waals surface area (Å²) in [5, 5.41) is 0. The largest absolute Gasteiger partial charge is 1.00 e. The molecular weight excluding hydrogens is 192 g/mol. The fourth-order valence-electron chi connectivity index (χ4n) is 1.04. The zero-order chi connectivity index (χ0) is 8.97. The summed E-state index contributed by atoms with van der Waals surface area (Å²) in [5.41, 5.74) is 0. The average Bonchev–Trinajstić information content (AvgIpc) is 2.55. The fourth-order valence-corrected chi connectivity index (χ4v) is 1.04. The minimum atomic E-state index is -0.384. The van der Waals surface area contributed by atoms with E-state index in [4.69, 9.17) is 13.9 Å². The highest BCUT2D eigenvalue weighted by molar-refractivity contribution is 5.07. The van der Waals surface area contributed by atoms with Gasteiger partial charge in [0.1, 0.15) is 5.76 Å². The summed E-state index contributed by atoms with van der Waals surface area (Å²) in [6.45, 7) is 2.04. The number of methoxy groups -OCH3 is 2. The van der Waals surface area contributed by atoms with Crippen molar-refractivity contribution in [3.8, 4) is 0 Å². The van der Waals surface area contributed by atoms with E-state index >= 15 is 0 Å². The van der Waals surface area contributed by atoms with Gasteiger partial charge in [-0.2, -0.15) is 0 Å². The van der Waals surface area contributed by atoms with Crippen LogP contribution in [-0.4, -0.2) is 14.2 Å². The molecule has 0 atom stereocenters. The molecule has 0 fully saturated rings. The van der Waals surface area contributed by atoms with Gasteiger partial charge in [-0.3, -0.25) is 0 Å². The highest BCUT2D eigenvalue weighted by atomic mass is 35.5. The molecule has 0 spiro atoms. The van der Waals surface area contributed by atoms with Crippen LogP contribution in [0.25, 0.3) is 0 Å². The minimum absolute atomic E-state index is 0. The van der Waals surface area contributed by atoms with Crippen molar-refractivity contribution in [2.45, 2.75) is 19.6 Å². The Bertz CT molecular complexity index is 231. The van der Waals surface area contributed by atoms with Crippen LogP contribution in [0.4, 0.5) is 0 Å². The van der Waals surface area contributed by atoms with Gasteiger partial charge in [-0.15, -0.1) is 0 Å². The normalized spacial score (nSPS) is 10.2. The fraction of sp³-hybridized carbons (Fsp3) is 0.556. The molecule has 0 bridgehead atoms. The van der Waals surface area contributed by atoms with E-state index in [0.717, 1.165) is 17.9 Å². The van der Waals surface area contributed by atoms with E-state index in [9.17, 15) is 0 Å². The average molecular weight is 206 g/mol. The molecule has 3 nitrogen and oxygen atoms in total. The summed E-state index contributed by atoms with van der Waals surface area (Å²) in [4.78, 5) is 0. The van der Waals surface area contributed by atoms with Crippen LogP contribution in [0.1, 0.15) is 24.7 Å². The standard InChI is InChI=1S/C9H14O3.ClH/c1-4-7-5-6-8(12-7)9(10-2)11-3;/h5-6,9H,4H2,1-3H3;1H/p-1. The Balaban J connectivity index is 0.00000144. The molecule has 76 valence electrons. The maximum Gasteiger partial charge on any atom is 0.216 e.